The molecule has 0 amide bonds. The summed E-state index contributed by atoms with van der Waals surface area (Å²) >= 11 is 0. The maximum atomic E-state index is 14.9. The molecule has 3 aliphatic rings. The van der Waals surface area contributed by atoms with E-state index >= 15 is 0 Å². The second-order valence-corrected chi connectivity index (χ2v) is 9.02. The van der Waals surface area contributed by atoms with Crippen molar-refractivity contribution in [3.8, 4) is 17.1 Å². The van der Waals surface area contributed by atoms with Crippen molar-refractivity contribution in [1.29, 1.82) is 0 Å². The fourth-order valence-electron chi connectivity index (χ4n) is 4.84. The van der Waals surface area contributed by atoms with E-state index < -0.39 is 30.2 Å². The molecule has 0 bridgehead atoms. The molecule has 3 fully saturated rings. The fourth-order valence-corrected chi connectivity index (χ4v) is 4.84. The molecular weight excluding hydrogens is 447 g/mol. The minimum atomic E-state index is -0.879. The van der Waals surface area contributed by atoms with Gasteiger partial charge in [-0.25, -0.2) is 9.37 Å². The number of pyridine rings is 1. The molecule has 0 spiro atoms. The molecule has 34 heavy (non-hydrogen) atoms. The molecule has 10 heteroatoms. The quantitative estimate of drug-likeness (QED) is 0.450. The largest absolute Gasteiger partial charge is 0.470 e. The molecule has 0 radical (unpaired) electrons. The number of hydrogen-bond acceptors (Lipinski definition) is 8. The molecule has 7 atom stereocenters. The van der Waals surface area contributed by atoms with Crippen LogP contribution in [0.5, 0.6) is 5.88 Å². The van der Waals surface area contributed by atoms with E-state index in [9.17, 15) is 19.7 Å². The van der Waals surface area contributed by atoms with Crippen LogP contribution >= 0.6 is 0 Å². The van der Waals surface area contributed by atoms with Crippen molar-refractivity contribution >= 4 is 11.0 Å². The predicted molar refractivity (Wildman–Crippen MR) is 117 cm³/mol. The molecule has 1 aromatic carbocycles. The number of halogens is 1. The summed E-state index contributed by atoms with van der Waals surface area (Å²) in [6.45, 7) is 0.577. The Morgan fingerprint density at radius 3 is 2.47 bits per heavy atom. The summed E-state index contributed by atoms with van der Waals surface area (Å²) in [6, 6.07) is 10.2. The van der Waals surface area contributed by atoms with Crippen LogP contribution in [0.2, 0.25) is 0 Å². The highest BCUT2D eigenvalue weighted by Gasteiger charge is 2.48. The van der Waals surface area contributed by atoms with Gasteiger partial charge in [0.1, 0.15) is 30.1 Å². The first-order valence-corrected chi connectivity index (χ1v) is 11.3. The fraction of sp³-hybridized carbons (Fsp3) is 0.458. The van der Waals surface area contributed by atoms with E-state index in [0.717, 1.165) is 5.56 Å². The standard InChI is InChI=1S/C24H25FN2O7/c25-13-5-14-15(6-21(26-14)34-20-10-33-23-18(30)9-32-24(20)23)27-22(13)12-3-1-11(2-4-12)19-7-16(28)17(29)8-31-19/h1-6,16-20,23-24,26,28-30H,7-10H2/t16-,17+,18-,19+,20-,23-,24-/m1/s1. The number of ether oxygens (including phenoxy) is 4. The lowest BCUT2D eigenvalue weighted by atomic mass is 9.96. The van der Waals surface area contributed by atoms with Crippen LogP contribution in [0.15, 0.2) is 36.4 Å². The van der Waals surface area contributed by atoms with E-state index in [1.54, 1.807) is 18.2 Å². The van der Waals surface area contributed by atoms with E-state index in [0.29, 0.717) is 35.5 Å². The van der Waals surface area contributed by atoms with Gasteiger partial charge < -0.3 is 39.3 Å². The summed E-state index contributed by atoms with van der Waals surface area (Å²) in [5, 5.41) is 29.4. The van der Waals surface area contributed by atoms with Crippen LogP contribution in [-0.2, 0) is 14.2 Å². The number of aliphatic hydroxyl groups excluding tert-OH is 3. The Balaban J connectivity index is 1.21. The second kappa shape index (κ2) is 8.56. The molecule has 6 rings (SSSR count). The first-order valence-electron chi connectivity index (χ1n) is 11.3. The molecule has 2 aromatic heterocycles. The van der Waals surface area contributed by atoms with Gasteiger partial charge in [-0.15, -0.1) is 0 Å². The van der Waals surface area contributed by atoms with E-state index in [1.807, 2.05) is 12.1 Å². The van der Waals surface area contributed by atoms with Crippen LogP contribution in [0.3, 0.4) is 0 Å². The number of hydrogen-bond donors (Lipinski definition) is 4. The number of rotatable bonds is 4. The number of aliphatic hydroxyl groups is 3. The normalized spacial score (nSPS) is 33.4. The van der Waals surface area contributed by atoms with Crippen LogP contribution in [0.1, 0.15) is 18.1 Å². The van der Waals surface area contributed by atoms with Gasteiger partial charge in [-0.05, 0) is 5.56 Å². The van der Waals surface area contributed by atoms with Crippen molar-refractivity contribution in [1.82, 2.24) is 9.97 Å². The third kappa shape index (κ3) is 3.86. The molecule has 5 heterocycles. The van der Waals surface area contributed by atoms with Crippen LogP contribution in [0.25, 0.3) is 22.3 Å². The predicted octanol–water partition coefficient (Wildman–Crippen LogP) is 1.46. The summed E-state index contributed by atoms with van der Waals surface area (Å²) in [7, 11) is 0. The molecule has 0 aliphatic carbocycles. The average Bonchev–Trinajstić information content (AvgIpc) is 3.52. The number of nitrogens with one attached hydrogen (secondary N) is 1. The highest BCUT2D eigenvalue weighted by Crippen LogP contribution is 2.33. The van der Waals surface area contributed by atoms with Gasteiger partial charge in [0.05, 0.1) is 43.1 Å². The summed E-state index contributed by atoms with van der Waals surface area (Å²) < 4.78 is 37.7. The zero-order chi connectivity index (χ0) is 23.4. The van der Waals surface area contributed by atoms with Crippen molar-refractivity contribution < 1.29 is 38.7 Å². The van der Waals surface area contributed by atoms with Crippen molar-refractivity contribution in [2.75, 3.05) is 19.8 Å². The number of fused-ring (bicyclic) bond motifs is 2. The van der Waals surface area contributed by atoms with E-state index in [1.165, 1.54) is 6.07 Å². The van der Waals surface area contributed by atoms with Crippen LogP contribution in [0, 0.1) is 5.82 Å². The maximum absolute atomic E-state index is 14.9. The Labute approximate surface area is 194 Å². The van der Waals surface area contributed by atoms with E-state index in [2.05, 4.69) is 9.97 Å². The van der Waals surface area contributed by atoms with Crippen molar-refractivity contribution in [2.24, 2.45) is 0 Å². The molecular formula is C24H25FN2O7. The zero-order valence-corrected chi connectivity index (χ0v) is 18.1. The summed E-state index contributed by atoms with van der Waals surface area (Å²) in [5.41, 5.74) is 2.69. The van der Waals surface area contributed by atoms with Gasteiger partial charge in [-0.3, -0.25) is 0 Å². The number of H-pyrrole nitrogens is 1. The summed E-state index contributed by atoms with van der Waals surface area (Å²) in [6.07, 6.45) is -3.54. The number of aromatic nitrogens is 2. The Kier molecular flexibility index (Phi) is 5.51. The summed E-state index contributed by atoms with van der Waals surface area (Å²) in [4.78, 5) is 7.52. The molecule has 4 N–H and O–H groups in total. The van der Waals surface area contributed by atoms with E-state index in [-0.39, 0.29) is 37.2 Å². The topological polar surface area (TPSA) is 126 Å². The molecule has 180 valence electrons. The lowest BCUT2D eigenvalue weighted by Gasteiger charge is -2.30. The van der Waals surface area contributed by atoms with Crippen molar-refractivity contribution in [3.05, 3.63) is 47.8 Å². The third-order valence-electron chi connectivity index (χ3n) is 6.72. The Morgan fingerprint density at radius 1 is 0.912 bits per heavy atom. The maximum Gasteiger partial charge on any atom is 0.193 e. The molecule has 3 aliphatic heterocycles. The molecule has 0 saturated carbocycles. The Bertz CT molecular complexity index is 1190. The van der Waals surface area contributed by atoms with Crippen LogP contribution < -0.4 is 4.74 Å². The van der Waals surface area contributed by atoms with Gasteiger partial charge in [0.15, 0.2) is 17.8 Å². The highest BCUT2D eigenvalue weighted by molar-refractivity contribution is 5.80. The first-order chi connectivity index (χ1) is 16.5. The molecule has 9 nitrogen and oxygen atoms in total. The van der Waals surface area contributed by atoms with Crippen molar-refractivity contribution in [3.63, 3.8) is 0 Å². The number of nitrogens with zero attached hydrogens (tertiary/aromatic N) is 1. The molecule has 3 aromatic rings. The monoisotopic (exact) mass is 472 g/mol. The smallest absolute Gasteiger partial charge is 0.193 e. The first kappa shape index (κ1) is 21.9. The Hall–Kier alpha value is -2.60. The van der Waals surface area contributed by atoms with Gasteiger partial charge in [0, 0.05) is 24.1 Å². The van der Waals surface area contributed by atoms with E-state index in [4.69, 9.17) is 18.9 Å². The third-order valence-corrected chi connectivity index (χ3v) is 6.72. The number of aromatic amines is 1. The van der Waals surface area contributed by atoms with Crippen LogP contribution in [0.4, 0.5) is 4.39 Å². The number of benzene rings is 1. The lowest BCUT2D eigenvalue weighted by Crippen LogP contribution is -2.37. The van der Waals surface area contributed by atoms with Crippen LogP contribution in [-0.4, -0.2) is 81.7 Å². The molecule has 0 unspecified atom stereocenters. The van der Waals surface area contributed by atoms with Gasteiger partial charge in [-0.2, -0.15) is 0 Å². The minimum Gasteiger partial charge on any atom is -0.470 e. The minimum absolute atomic E-state index is 0.0689. The lowest BCUT2D eigenvalue weighted by molar-refractivity contribution is -0.122. The SMILES string of the molecule is O[C@@H]1CO[C@H]2[C@@H]1OC[C@H]2Oc1cc2nc(-c3ccc([C@@H]4C[C@@H](O)[C@@H](O)CO4)cc3)c(F)cc2[nH]1. The van der Waals surface area contributed by atoms with Gasteiger partial charge in [0.2, 0.25) is 0 Å². The second-order valence-electron chi connectivity index (χ2n) is 9.02. The highest BCUT2D eigenvalue weighted by atomic mass is 19.1. The Morgan fingerprint density at radius 2 is 1.68 bits per heavy atom. The van der Waals surface area contributed by atoms with Gasteiger partial charge >= 0.3 is 0 Å². The summed E-state index contributed by atoms with van der Waals surface area (Å²) in [5.74, 6) is -0.0588. The zero-order valence-electron chi connectivity index (χ0n) is 18.1. The van der Waals surface area contributed by atoms with Gasteiger partial charge in [-0.1, -0.05) is 24.3 Å². The average molecular weight is 472 g/mol. The van der Waals surface area contributed by atoms with Crippen molar-refractivity contribution in [2.45, 2.75) is 49.1 Å². The van der Waals surface area contributed by atoms with Gasteiger partial charge in [0.25, 0.3) is 0 Å². The molecule has 3 saturated heterocycles.